The van der Waals surface area contributed by atoms with E-state index >= 15 is 0 Å². The number of hydrogen-bond donors (Lipinski definition) is 0. The molecule has 2 aromatic carbocycles. The van der Waals surface area contributed by atoms with Crippen LogP contribution in [0.4, 0.5) is 0 Å². The summed E-state index contributed by atoms with van der Waals surface area (Å²) in [5.41, 5.74) is 3.56. The normalized spacial score (nSPS) is 11.2. The average molecular weight is 392 g/mol. The lowest BCUT2D eigenvalue weighted by molar-refractivity contribution is 0.614. The van der Waals surface area contributed by atoms with Crippen LogP contribution in [0, 0.1) is 0 Å². The SMILES string of the molecule is CCCCCn1c(-c2ccc(Cl)cc2)cn2c(=O)cc(-c3ccccc3)nc12. The molecule has 2 heterocycles. The van der Waals surface area contributed by atoms with Crippen LogP contribution in [-0.2, 0) is 6.54 Å². The Morgan fingerprint density at radius 3 is 2.43 bits per heavy atom. The van der Waals surface area contributed by atoms with E-state index < -0.39 is 0 Å². The Bertz CT molecular complexity index is 1140. The van der Waals surface area contributed by atoms with E-state index in [0.717, 1.165) is 42.6 Å². The Morgan fingerprint density at radius 2 is 1.71 bits per heavy atom. The number of fused-ring (bicyclic) bond motifs is 1. The average Bonchev–Trinajstić information content (AvgIpc) is 3.09. The van der Waals surface area contributed by atoms with Crippen molar-refractivity contribution in [2.24, 2.45) is 0 Å². The first-order valence-corrected chi connectivity index (χ1v) is 9.99. The molecule has 0 N–H and O–H groups in total. The number of aryl methyl sites for hydroxylation is 1. The molecule has 0 aliphatic rings. The van der Waals surface area contributed by atoms with Gasteiger partial charge in [0, 0.05) is 29.4 Å². The maximum absolute atomic E-state index is 12.8. The fourth-order valence-corrected chi connectivity index (χ4v) is 3.56. The highest BCUT2D eigenvalue weighted by molar-refractivity contribution is 6.30. The number of aromatic nitrogens is 3. The molecule has 28 heavy (non-hydrogen) atoms. The van der Waals surface area contributed by atoms with E-state index in [1.54, 1.807) is 10.5 Å². The van der Waals surface area contributed by atoms with Crippen LogP contribution in [0.3, 0.4) is 0 Å². The summed E-state index contributed by atoms with van der Waals surface area (Å²) in [7, 11) is 0. The molecular formula is C23H22ClN3O. The molecule has 0 aliphatic heterocycles. The van der Waals surface area contributed by atoms with Gasteiger partial charge in [0.2, 0.25) is 5.78 Å². The van der Waals surface area contributed by atoms with Crippen LogP contribution in [0.2, 0.25) is 5.02 Å². The quantitative estimate of drug-likeness (QED) is 0.397. The van der Waals surface area contributed by atoms with Gasteiger partial charge in [-0.3, -0.25) is 9.20 Å². The van der Waals surface area contributed by atoms with Crippen molar-refractivity contribution in [2.45, 2.75) is 32.7 Å². The summed E-state index contributed by atoms with van der Waals surface area (Å²) >= 11 is 6.06. The van der Waals surface area contributed by atoms with Crippen molar-refractivity contribution >= 4 is 17.4 Å². The molecule has 0 unspecified atom stereocenters. The number of nitrogens with zero attached hydrogens (tertiary/aromatic N) is 3. The molecule has 5 heteroatoms. The molecule has 0 saturated heterocycles. The highest BCUT2D eigenvalue weighted by Gasteiger charge is 2.15. The van der Waals surface area contributed by atoms with Gasteiger partial charge in [-0.1, -0.05) is 73.8 Å². The Hall–Kier alpha value is -2.85. The van der Waals surface area contributed by atoms with Gasteiger partial charge in [-0.15, -0.1) is 0 Å². The minimum absolute atomic E-state index is 0.0756. The van der Waals surface area contributed by atoms with Crippen LogP contribution in [0.5, 0.6) is 0 Å². The number of unbranched alkanes of at least 4 members (excludes halogenated alkanes) is 2. The van der Waals surface area contributed by atoms with Crippen molar-refractivity contribution in [2.75, 3.05) is 0 Å². The van der Waals surface area contributed by atoms with Gasteiger partial charge in [0.25, 0.3) is 5.56 Å². The Labute approximate surface area is 169 Å². The zero-order valence-corrected chi connectivity index (χ0v) is 16.6. The number of imidazole rings is 1. The molecule has 0 atom stereocenters. The van der Waals surface area contributed by atoms with Gasteiger partial charge >= 0.3 is 0 Å². The molecule has 4 nitrogen and oxygen atoms in total. The van der Waals surface area contributed by atoms with Gasteiger partial charge in [0.05, 0.1) is 11.4 Å². The third-order valence-electron chi connectivity index (χ3n) is 4.91. The van der Waals surface area contributed by atoms with Crippen molar-refractivity contribution in [3.63, 3.8) is 0 Å². The Kier molecular flexibility index (Phi) is 5.31. The van der Waals surface area contributed by atoms with Crippen LogP contribution in [0.25, 0.3) is 28.3 Å². The van der Waals surface area contributed by atoms with E-state index in [1.165, 1.54) is 0 Å². The van der Waals surface area contributed by atoms with E-state index in [0.29, 0.717) is 16.5 Å². The van der Waals surface area contributed by atoms with Crippen LogP contribution in [0.1, 0.15) is 26.2 Å². The molecule has 2 aromatic heterocycles. The first kappa shape index (κ1) is 18.5. The minimum Gasteiger partial charge on any atom is -0.310 e. The molecule has 0 aliphatic carbocycles. The number of benzene rings is 2. The van der Waals surface area contributed by atoms with E-state index in [9.17, 15) is 4.79 Å². The Balaban J connectivity index is 1.91. The predicted octanol–water partition coefficient (Wildman–Crippen LogP) is 5.67. The highest BCUT2D eigenvalue weighted by Crippen LogP contribution is 2.25. The smallest absolute Gasteiger partial charge is 0.259 e. The van der Waals surface area contributed by atoms with Crippen LogP contribution in [-0.4, -0.2) is 14.0 Å². The van der Waals surface area contributed by atoms with Crippen molar-refractivity contribution < 1.29 is 0 Å². The molecule has 4 rings (SSSR count). The zero-order valence-electron chi connectivity index (χ0n) is 15.8. The van der Waals surface area contributed by atoms with Gasteiger partial charge in [-0.25, -0.2) is 4.98 Å². The lowest BCUT2D eigenvalue weighted by Gasteiger charge is -2.10. The van der Waals surface area contributed by atoms with Gasteiger partial charge in [-0.05, 0) is 24.1 Å². The van der Waals surface area contributed by atoms with E-state index in [2.05, 4.69) is 11.5 Å². The second kappa shape index (κ2) is 8.03. The molecule has 142 valence electrons. The lowest BCUT2D eigenvalue weighted by atomic mass is 10.1. The molecule has 0 amide bonds. The minimum atomic E-state index is -0.0756. The number of hydrogen-bond acceptors (Lipinski definition) is 2. The largest absolute Gasteiger partial charge is 0.310 e. The van der Waals surface area contributed by atoms with Gasteiger partial charge in [0.1, 0.15) is 0 Å². The maximum atomic E-state index is 12.8. The molecule has 0 bridgehead atoms. The van der Waals surface area contributed by atoms with Gasteiger partial charge in [0.15, 0.2) is 0 Å². The summed E-state index contributed by atoms with van der Waals surface area (Å²) in [5.74, 6) is 0.674. The van der Waals surface area contributed by atoms with E-state index in [4.69, 9.17) is 16.6 Å². The highest BCUT2D eigenvalue weighted by atomic mass is 35.5. The molecule has 0 saturated carbocycles. The molecule has 4 aromatic rings. The second-order valence-electron chi connectivity index (χ2n) is 6.90. The number of halogens is 1. The summed E-state index contributed by atoms with van der Waals surface area (Å²) < 4.78 is 3.79. The van der Waals surface area contributed by atoms with E-state index in [-0.39, 0.29) is 5.56 Å². The standard InChI is InChI=1S/C23H22ClN3O/c1-2-3-7-14-26-21(18-10-12-19(24)13-11-18)16-27-22(28)15-20(25-23(26)27)17-8-5-4-6-9-17/h4-6,8-13,15-16H,2-3,7,14H2,1H3. The molecular weight excluding hydrogens is 370 g/mol. The third kappa shape index (κ3) is 3.60. The number of rotatable bonds is 6. The van der Waals surface area contributed by atoms with E-state index in [1.807, 2.05) is 60.8 Å². The monoisotopic (exact) mass is 391 g/mol. The summed E-state index contributed by atoms with van der Waals surface area (Å²) in [6, 6.07) is 19.1. The molecule has 0 spiro atoms. The van der Waals surface area contributed by atoms with Crippen LogP contribution in [0.15, 0.2) is 71.7 Å². The lowest BCUT2D eigenvalue weighted by Crippen LogP contribution is -2.14. The van der Waals surface area contributed by atoms with Gasteiger partial charge in [-0.2, -0.15) is 0 Å². The van der Waals surface area contributed by atoms with Crippen molar-refractivity contribution in [1.82, 2.24) is 14.0 Å². The molecule has 0 fully saturated rings. The van der Waals surface area contributed by atoms with Crippen molar-refractivity contribution in [3.8, 4) is 22.5 Å². The zero-order chi connectivity index (χ0) is 19.5. The van der Waals surface area contributed by atoms with Crippen LogP contribution < -0.4 is 5.56 Å². The summed E-state index contributed by atoms with van der Waals surface area (Å²) in [6.45, 7) is 3.00. The molecule has 0 radical (unpaired) electrons. The third-order valence-corrected chi connectivity index (χ3v) is 5.16. The summed E-state index contributed by atoms with van der Waals surface area (Å²) in [6.07, 6.45) is 5.19. The van der Waals surface area contributed by atoms with Crippen molar-refractivity contribution in [3.05, 3.63) is 82.2 Å². The maximum Gasteiger partial charge on any atom is 0.259 e. The van der Waals surface area contributed by atoms with Gasteiger partial charge < -0.3 is 4.57 Å². The first-order valence-electron chi connectivity index (χ1n) is 9.61. The second-order valence-corrected chi connectivity index (χ2v) is 7.33. The summed E-state index contributed by atoms with van der Waals surface area (Å²) in [4.78, 5) is 17.7. The fourth-order valence-electron chi connectivity index (χ4n) is 3.44. The Morgan fingerprint density at radius 1 is 0.964 bits per heavy atom. The van der Waals surface area contributed by atoms with Crippen molar-refractivity contribution in [1.29, 1.82) is 0 Å². The van der Waals surface area contributed by atoms with Crippen LogP contribution >= 0.6 is 11.6 Å². The predicted molar refractivity (Wildman–Crippen MR) is 115 cm³/mol. The fraction of sp³-hybridized carbons (Fsp3) is 0.217. The topological polar surface area (TPSA) is 39.3 Å². The first-order chi connectivity index (χ1) is 13.7. The summed E-state index contributed by atoms with van der Waals surface area (Å²) in [5, 5.41) is 0.694.